The summed E-state index contributed by atoms with van der Waals surface area (Å²) in [6.45, 7) is 6.49. The van der Waals surface area contributed by atoms with Crippen molar-refractivity contribution in [2.75, 3.05) is 13.2 Å². The van der Waals surface area contributed by atoms with Gasteiger partial charge in [0.25, 0.3) is 0 Å². The van der Waals surface area contributed by atoms with E-state index >= 15 is 0 Å². The number of allylic oxidation sites excluding steroid dienone is 10. The number of esters is 3. The molecule has 0 saturated heterocycles. The van der Waals surface area contributed by atoms with Gasteiger partial charge in [-0.2, -0.15) is 0 Å². The van der Waals surface area contributed by atoms with Crippen molar-refractivity contribution >= 4 is 17.9 Å². The minimum absolute atomic E-state index is 0.0882. The lowest BCUT2D eigenvalue weighted by Gasteiger charge is -2.18. The van der Waals surface area contributed by atoms with Crippen LogP contribution in [0.25, 0.3) is 0 Å². The molecule has 0 saturated carbocycles. The fourth-order valence-corrected chi connectivity index (χ4v) is 7.31. The number of carbonyl (C=O) groups is 3. The molecule has 1 unspecified atom stereocenters. The lowest BCUT2D eigenvalue weighted by atomic mass is 10.1. The molecule has 358 valence electrons. The third-order valence-electron chi connectivity index (χ3n) is 11.3. The molecule has 6 heteroatoms. The Kier molecular flexibility index (Phi) is 48.4. The molecule has 0 aliphatic carbocycles. The normalized spacial score (nSPS) is 12.5. The van der Waals surface area contributed by atoms with E-state index in [-0.39, 0.29) is 31.1 Å². The Hall–Kier alpha value is -2.89. The predicted molar refractivity (Wildman–Crippen MR) is 265 cm³/mol. The van der Waals surface area contributed by atoms with Gasteiger partial charge in [-0.25, -0.2) is 0 Å². The lowest BCUT2D eigenvalue weighted by Crippen LogP contribution is -2.30. The quantitative estimate of drug-likeness (QED) is 0.0262. The van der Waals surface area contributed by atoms with Crippen molar-refractivity contribution in [2.45, 2.75) is 264 Å². The van der Waals surface area contributed by atoms with Gasteiger partial charge in [0.05, 0.1) is 0 Å². The molecule has 6 nitrogen and oxygen atoms in total. The average Bonchev–Trinajstić information content (AvgIpc) is 3.27. The van der Waals surface area contributed by atoms with Crippen LogP contribution in [0.4, 0.5) is 0 Å². The monoisotopic (exact) mass is 867 g/mol. The van der Waals surface area contributed by atoms with Crippen LogP contribution < -0.4 is 0 Å². The first-order valence-electron chi connectivity index (χ1n) is 26.3. The Morgan fingerprint density at radius 1 is 0.339 bits per heavy atom. The highest BCUT2D eigenvalue weighted by Gasteiger charge is 2.19. The van der Waals surface area contributed by atoms with E-state index in [0.29, 0.717) is 19.3 Å². The smallest absolute Gasteiger partial charge is 0.306 e. The highest BCUT2D eigenvalue weighted by Crippen LogP contribution is 2.14. The third kappa shape index (κ3) is 48.1. The predicted octanol–water partition coefficient (Wildman–Crippen LogP) is 17.3. The molecule has 0 aromatic carbocycles. The van der Waals surface area contributed by atoms with Crippen molar-refractivity contribution in [1.82, 2.24) is 0 Å². The number of ether oxygens (including phenoxy) is 3. The van der Waals surface area contributed by atoms with Crippen LogP contribution in [0.5, 0.6) is 0 Å². The second kappa shape index (κ2) is 50.8. The van der Waals surface area contributed by atoms with E-state index < -0.39 is 6.10 Å². The van der Waals surface area contributed by atoms with Crippen LogP contribution in [0.1, 0.15) is 258 Å². The molecular formula is C56H98O6. The van der Waals surface area contributed by atoms with Gasteiger partial charge in [0.15, 0.2) is 6.10 Å². The molecular weight excluding hydrogens is 769 g/mol. The van der Waals surface area contributed by atoms with Gasteiger partial charge in [0.2, 0.25) is 0 Å². The number of hydrogen-bond acceptors (Lipinski definition) is 6. The van der Waals surface area contributed by atoms with Gasteiger partial charge in [0, 0.05) is 19.3 Å². The van der Waals surface area contributed by atoms with Crippen molar-refractivity contribution < 1.29 is 28.6 Å². The standard InChI is InChI=1S/C56H98O6/c1-4-7-10-13-16-19-22-24-26-28-29-31-32-34-37-40-43-46-49-55(58)61-52-53(51-60-54(57)48-45-42-39-36-21-18-15-12-9-6-3)62-56(59)50-47-44-41-38-35-33-30-27-25-23-20-17-14-11-8-5-2/h8,11,17,20,25,27,29,31,33,35,53H,4-7,9-10,12-16,18-19,21-24,26,28,30,32,34,36-52H2,1-3H3/b11-8-,20-17-,27-25-,31-29-,35-33-. The zero-order valence-corrected chi connectivity index (χ0v) is 40.9. The van der Waals surface area contributed by atoms with Crippen molar-refractivity contribution in [1.29, 1.82) is 0 Å². The van der Waals surface area contributed by atoms with Crippen molar-refractivity contribution in [2.24, 2.45) is 0 Å². The summed E-state index contributed by atoms with van der Waals surface area (Å²) in [6.07, 6.45) is 62.1. The van der Waals surface area contributed by atoms with Crippen LogP contribution in [0.15, 0.2) is 60.8 Å². The fourth-order valence-electron chi connectivity index (χ4n) is 7.31. The van der Waals surface area contributed by atoms with Crippen molar-refractivity contribution in [3.8, 4) is 0 Å². The van der Waals surface area contributed by atoms with E-state index in [0.717, 1.165) is 96.3 Å². The van der Waals surface area contributed by atoms with Gasteiger partial charge in [0.1, 0.15) is 13.2 Å². The summed E-state index contributed by atoms with van der Waals surface area (Å²) in [6, 6.07) is 0. The molecule has 0 N–H and O–H groups in total. The van der Waals surface area contributed by atoms with Gasteiger partial charge in [-0.15, -0.1) is 0 Å². The topological polar surface area (TPSA) is 78.9 Å². The maximum absolute atomic E-state index is 12.8. The van der Waals surface area contributed by atoms with E-state index in [1.165, 1.54) is 122 Å². The molecule has 0 spiro atoms. The Balaban J connectivity index is 4.39. The maximum Gasteiger partial charge on any atom is 0.306 e. The summed E-state index contributed by atoms with van der Waals surface area (Å²) in [5.41, 5.74) is 0. The highest BCUT2D eigenvalue weighted by molar-refractivity contribution is 5.71. The zero-order chi connectivity index (χ0) is 45.1. The average molecular weight is 867 g/mol. The molecule has 1 atom stereocenters. The fraction of sp³-hybridized carbons (Fsp3) is 0.768. The van der Waals surface area contributed by atoms with Crippen molar-refractivity contribution in [3.05, 3.63) is 60.8 Å². The molecule has 0 radical (unpaired) electrons. The van der Waals surface area contributed by atoms with E-state index in [9.17, 15) is 14.4 Å². The first-order chi connectivity index (χ1) is 30.5. The molecule has 0 aliphatic heterocycles. The number of rotatable bonds is 47. The van der Waals surface area contributed by atoms with E-state index in [1.807, 2.05) is 0 Å². The van der Waals surface area contributed by atoms with E-state index in [4.69, 9.17) is 14.2 Å². The van der Waals surface area contributed by atoms with Crippen LogP contribution in [0.3, 0.4) is 0 Å². The van der Waals surface area contributed by atoms with Gasteiger partial charge in [-0.05, 0) is 83.5 Å². The number of unbranched alkanes of at least 4 members (excludes halogenated alkanes) is 26. The lowest BCUT2D eigenvalue weighted by molar-refractivity contribution is -0.167. The SMILES string of the molecule is CC/C=C\C/C=C\C/C=C\C/C=C\CCCCCC(=O)OC(COC(=O)CCCCCCC/C=C\CCCCCCCCCCC)COC(=O)CCCCCCCCCCCC. The van der Waals surface area contributed by atoms with E-state index in [1.54, 1.807) is 0 Å². The van der Waals surface area contributed by atoms with Gasteiger partial charge < -0.3 is 14.2 Å². The van der Waals surface area contributed by atoms with Gasteiger partial charge in [-0.1, -0.05) is 216 Å². The molecule has 0 aliphatic rings. The first kappa shape index (κ1) is 59.1. The second-order valence-corrected chi connectivity index (χ2v) is 17.4. The zero-order valence-electron chi connectivity index (χ0n) is 40.9. The largest absolute Gasteiger partial charge is 0.462 e. The van der Waals surface area contributed by atoms with Crippen LogP contribution in [-0.2, 0) is 28.6 Å². The van der Waals surface area contributed by atoms with Crippen LogP contribution in [-0.4, -0.2) is 37.2 Å². The summed E-state index contributed by atoms with van der Waals surface area (Å²) in [5, 5.41) is 0. The molecule has 0 bridgehead atoms. The third-order valence-corrected chi connectivity index (χ3v) is 11.3. The van der Waals surface area contributed by atoms with Crippen LogP contribution >= 0.6 is 0 Å². The summed E-state index contributed by atoms with van der Waals surface area (Å²) in [5.74, 6) is -0.925. The maximum atomic E-state index is 12.8. The minimum Gasteiger partial charge on any atom is -0.462 e. The molecule has 0 fully saturated rings. The number of carbonyl (C=O) groups excluding carboxylic acids is 3. The van der Waals surface area contributed by atoms with E-state index in [2.05, 4.69) is 81.5 Å². The minimum atomic E-state index is -0.791. The molecule has 0 aromatic heterocycles. The first-order valence-corrected chi connectivity index (χ1v) is 26.3. The molecule has 0 rings (SSSR count). The molecule has 0 aromatic rings. The molecule has 62 heavy (non-hydrogen) atoms. The molecule has 0 amide bonds. The summed E-state index contributed by atoms with van der Waals surface area (Å²) in [7, 11) is 0. The molecule has 0 heterocycles. The Bertz CT molecular complexity index is 1130. The summed E-state index contributed by atoms with van der Waals surface area (Å²) < 4.78 is 16.8. The van der Waals surface area contributed by atoms with Gasteiger partial charge >= 0.3 is 17.9 Å². The number of hydrogen-bond donors (Lipinski definition) is 0. The summed E-state index contributed by atoms with van der Waals surface area (Å²) in [4.78, 5) is 37.9. The van der Waals surface area contributed by atoms with Crippen LogP contribution in [0, 0.1) is 0 Å². The summed E-state index contributed by atoms with van der Waals surface area (Å²) >= 11 is 0. The highest BCUT2D eigenvalue weighted by atomic mass is 16.6. The Labute approximate surface area is 383 Å². The van der Waals surface area contributed by atoms with Crippen molar-refractivity contribution in [3.63, 3.8) is 0 Å². The second-order valence-electron chi connectivity index (χ2n) is 17.4. The Morgan fingerprint density at radius 3 is 1.02 bits per heavy atom. The van der Waals surface area contributed by atoms with Gasteiger partial charge in [-0.3, -0.25) is 14.4 Å². The van der Waals surface area contributed by atoms with Crippen LogP contribution in [0.2, 0.25) is 0 Å². The Morgan fingerprint density at radius 2 is 0.629 bits per heavy atom.